The van der Waals surface area contributed by atoms with E-state index in [9.17, 15) is 4.79 Å². The lowest BCUT2D eigenvalue weighted by Gasteiger charge is -2.31. The van der Waals surface area contributed by atoms with Crippen LogP contribution in [0.2, 0.25) is 5.02 Å². The number of benzene rings is 1. The van der Waals surface area contributed by atoms with Crippen LogP contribution in [-0.2, 0) is 4.74 Å². The zero-order valence-electron chi connectivity index (χ0n) is 11.3. The summed E-state index contributed by atoms with van der Waals surface area (Å²) in [6, 6.07) is 7.11. The summed E-state index contributed by atoms with van der Waals surface area (Å²) in [5.41, 5.74) is 0.739. The standard InChI is InChI=1S/C15H20ClNO2/c1-19-11-12-6-8-17(9-7-12)10-15(18)13-2-4-14(16)5-3-13/h2-5,12H,6-11H2,1H3. The van der Waals surface area contributed by atoms with E-state index in [-0.39, 0.29) is 5.78 Å². The third-order valence-corrected chi connectivity index (χ3v) is 3.89. The van der Waals surface area contributed by atoms with Gasteiger partial charge in [-0.15, -0.1) is 0 Å². The first kappa shape index (κ1) is 14.5. The lowest BCUT2D eigenvalue weighted by molar-refractivity contribution is 0.0810. The number of ether oxygens (including phenoxy) is 1. The predicted octanol–water partition coefficient (Wildman–Crippen LogP) is 2.88. The van der Waals surface area contributed by atoms with Gasteiger partial charge in [0.05, 0.1) is 6.54 Å². The van der Waals surface area contributed by atoms with Crippen molar-refractivity contribution in [2.24, 2.45) is 5.92 Å². The van der Waals surface area contributed by atoms with Crippen molar-refractivity contribution in [3.63, 3.8) is 0 Å². The molecule has 1 fully saturated rings. The first-order valence-corrected chi connectivity index (χ1v) is 7.07. The summed E-state index contributed by atoms with van der Waals surface area (Å²) in [6.45, 7) is 3.29. The number of carbonyl (C=O) groups is 1. The number of nitrogens with zero attached hydrogens (tertiary/aromatic N) is 1. The van der Waals surface area contributed by atoms with Crippen LogP contribution in [0.5, 0.6) is 0 Å². The molecule has 0 atom stereocenters. The van der Waals surface area contributed by atoms with Crippen LogP contribution in [-0.4, -0.2) is 44.0 Å². The molecule has 1 saturated heterocycles. The second kappa shape index (κ2) is 7.04. The van der Waals surface area contributed by atoms with Crippen molar-refractivity contribution in [1.29, 1.82) is 0 Å². The van der Waals surface area contributed by atoms with Gasteiger partial charge in [0.1, 0.15) is 0 Å². The Morgan fingerprint density at radius 2 is 1.95 bits per heavy atom. The van der Waals surface area contributed by atoms with Crippen LogP contribution in [0.25, 0.3) is 0 Å². The Morgan fingerprint density at radius 3 is 2.53 bits per heavy atom. The van der Waals surface area contributed by atoms with Gasteiger partial charge in [0.25, 0.3) is 0 Å². The highest BCUT2D eigenvalue weighted by molar-refractivity contribution is 6.30. The summed E-state index contributed by atoms with van der Waals surface area (Å²) in [4.78, 5) is 14.3. The smallest absolute Gasteiger partial charge is 0.176 e. The summed E-state index contributed by atoms with van der Waals surface area (Å²) in [5, 5.41) is 0.664. The van der Waals surface area contributed by atoms with Crippen LogP contribution in [0.1, 0.15) is 23.2 Å². The molecule has 19 heavy (non-hydrogen) atoms. The van der Waals surface area contributed by atoms with Crippen LogP contribution in [0.3, 0.4) is 0 Å². The van der Waals surface area contributed by atoms with Gasteiger partial charge < -0.3 is 4.74 Å². The van der Waals surface area contributed by atoms with Crippen molar-refractivity contribution in [3.8, 4) is 0 Å². The van der Waals surface area contributed by atoms with Gasteiger partial charge in [0.15, 0.2) is 5.78 Å². The lowest BCUT2D eigenvalue weighted by atomic mass is 9.97. The number of hydrogen-bond donors (Lipinski definition) is 0. The summed E-state index contributed by atoms with van der Waals surface area (Å²) < 4.78 is 5.18. The minimum atomic E-state index is 0.168. The zero-order chi connectivity index (χ0) is 13.7. The molecule has 1 aromatic rings. The summed E-state index contributed by atoms with van der Waals surface area (Å²) >= 11 is 5.82. The van der Waals surface area contributed by atoms with Gasteiger partial charge in [-0.3, -0.25) is 9.69 Å². The Hall–Kier alpha value is -0.900. The Labute approximate surface area is 119 Å². The molecule has 0 spiro atoms. The molecule has 2 rings (SSSR count). The molecule has 0 aliphatic carbocycles. The quantitative estimate of drug-likeness (QED) is 0.777. The van der Waals surface area contributed by atoms with Crippen molar-refractivity contribution in [2.75, 3.05) is 33.4 Å². The average Bonchev–Trinajstić information content (AvgIpc) is 2.42. The van der Waals surface area contributed by atoms with E-state index in [1.165, 1.54) is 0 Å². The highest BCUT2D eigenvalue weighted by Gasteiger charge is 2.21. The van der Waals surface area contributed by atoms with Crippen LogP contribution < -0.4 is 0 Å². The zero-order valence-corrected chi connectivity index (χ0v) is 12.0. The Bertz CT molecular complexity index is 411. The average molecular weight is 282 g/mol. The number of carbonyl (C=O) groups excluding carboxylic acids is 1. The third-order valence-electron chi connectivity index (χ3n) is 3.64. The van der Waals surface area contributed by atoms with Crippen molar-refractivity contribution < 1.29 is 9.53 Å². The maximum atomic E-state index is 12.1. The predicted molar refractivity (Wildman–Crippen MR) is 76.8 cm³/mol. The van der Waals surface area contributed by atoms with Gasteiger partial charge >= 0.3 is 0 Å². The molecular weight excluding hydrogens is 262 g/mol. The highest BCUT2D eigenvalue weighted by Crippen LogP contribution is 2.18. The van der Waals surface area contributed by atoms with Gasteiger partial charge in [0.2, 0.25) is 0 Å². The van der Waals surface area contributed by atoms with E-state index < -0.39 is 0 Å². The van der Waals surface area contributed by atoms with Crippen LogP contribution in [0, 0.1) is 5.92 Å². The van der Waals surface area contributed by atoms with Gasteiger partial charge in [0, 0.05) is 24.3 Å². The molecule has 104 valence electrons. The SMILES string of the molecule is COCC1CCN(CC(=O)c2ccc(Cl)cc2)CC1. The number of Topliss-reactive ketones (excluding diaryl/α,β-unsaturated/α-hetero) is 1. The van der Waals surface area contributed by atoms with E-state index in [1.54, 1.807) is 31.4 Å². The summed E-state index contributed by atoms with van der Waals surface area (Å²) in [6.07, 6.45) is 2.23. The van der Waals surface area contributed by atoms with Crippen LogP contribution in [0.15, 0.2) is 24.3 Å². The second-order valence-electron chi connectivity index (χ2n) is 5.10. The third kappa shape index (κ3) is 4.30. The number of likely N-dealkylation sites (tertiary alicyclic amines) is 1. The number of methoxy groups -OCH3 is 1. The molecule has 0 aromatic heterocycles. The molecule has 0 N–H and O–H groups in total. The lowest BCUT2D eigenvalue weighted by Crippen LogP contribution is -2.38. The fraction of sp³-hybridized carbons (Fsp3) is 0.533. The number of rotatable bonds is 5. The van der Waals surface area contributed by atoms with Crippen LogP contribution >= 0.6 is 11.6 Å². The van der Waals surface area contributed by atoms with Gasteiger partial charge in [-0.2, -0.15) is 0 Å². The fourth-order valence-electron chi connectivity index (χ4n) is 2.48. The molecule has 1 aliphatic heterocycles. The van der Waals surface area contributed by atoms with Crippen molar-refractivity contribution in [3.05, 3.63) is 34.9 Å². The number of hydrogen-bond acceptors (Lipinski definition) is 3. The monoisotopic (exact) mass is 281 g/mol. The molecule has 0 unspecified atom stereocenters. The number of piperidine rings is 1. The first-order valence-electron chi connectivity index (χ1n) is 6.69. The molecule has 1 heterocycles. The Kier molecular flexibility index (Phi) is 5.37. The first-order chi connectivity index (χ1) is 9.19. The summed E-state index contributed by atoms with van der Waals surface area (Å²) in [5.74, 6) is 0.814. The molecule has 1 aliphatic rings. The maximum Gasteiger partial charge on any atom is 0.176 e. The molecule has 0 bridgehead atoms. The fourth-order valence-corrected chi connectivity index (χ4v) is 2.60. The van der Waals surface area contributed by atoms with E-state index in [1.807, 2.05) is 0 Å². The Balaban J connectivity index is 1.82. The molecule has 0 amide bonds. The normalized spacial score (nSPS) is 17.6. The minimum absolute atomic E-state index is 0.168. The van der Waals surface area contributed by atoms with Crippen LogP contribution in [0.4, 0.5) is 0 Å². The van der Waals surface area contributed by atoms with Crippen molar-refractivity contribution >= 4 is 17.4 Å². The largest absolute Gasteiger partial charge is 0.384 e. The van der Waals surface area contributed by atoms with E-state index in [0.717, 1.165) is 38.1 Å². The van der Waals surface area contributed by atoms with Gasteiger partial charge in [-0.05, 0) is 56.1 Å². The molecule has 0 saturated carbocycles. The van der Waals surface area contributed by atoms with Crippen molar-refractivity contribution in [2.45, 2.75) is 12.8 Å². The minimum Gasteiger partial charge on any atom is -0.384 e. The molecule has 1 aromatic carbocycles. The molecule has 4 heteroatoms. The van der Waals surface area contributed by atoms with Gasteiger partial charge in [-0.25, -0.2) is 0 Å². The molecule has 3 nitrogen and oxygen atoms in total. The number of ketones is 1. The topological polar surface area (TPSA) is 29.5 Å². The highest BCUT2D eigenvalue weighted by atomic mass is 35.5. The van der Waals surface area contributed by atoms with E-state index >= 15 is 0 Å². The molecule has 0 radical (unpaired) electrons. The van der Waals surface area contributed by atoms with E-state index in [2.05, 4.69) is 4.90 Å². The second-order valence-corrected chi connectivity index (χ2v) is 5.54. The number of halogens is 1. The van der Waals surface area contributed by atoms with E-state index in [4.69, 9.17) is 16.3 Å². The van der Waals surface area contributed by atoms with Gasteiger partial charge in [-0.1, -0.05) is 11.6 Å². The van der Waals surface area contributed by atoms with E-state index in [0.29, 0.717) is 17.5 Å². The summed E-state index contributed by atoms with van der Waals surface area (Å²) in [7, 11) is 1.75. The Morgan fingerprint density at radius 1 is 1.32 bits per heavy atom. The maximum absolute atomic E-state index is 12.1. The molecular formula is C15H20ClNO2. The van der Waals surface area contributed by atoms with Crippen molar-refractivity contribution in [1.82, 2.24) is 4.90 Å².